The second kappa shape index (κ2) is 3.57. The van der Waals surface area contributed by atoms with Crippen LogP contribution in [0.2, 0.25) is 0 Å². The highest BCUT2D eigenvalue weighted by Crippen LogP contribution is 1.98. The Labute approximate surface area is 72.8 Å². The zero-order valence-corrected chi connectivity index (χ0v) is 7.92. The summed E-state index contributed by atoms with van der Waals surface area (Å²) in [7, 11) is 0. The number of aryl methyl sites for hydroxylation is 2. The van der Waals surface area contributed by atoms with Gasteiger partial charge in [-0.15, -0.1) is 0 Å². The van der Waals surface area contributed by atoms with E-state index in [1.807, 2.05) is 32.9 Å². The molecule has 0 spiro atoms. The van der Waals surface area contributed by atoms with Crippen LogP contribution >= 0.6 is 0 Å². The zero-order valence-electron chi connectivity index (χ0n) is 7.92. The van der Waals surface area contributed by atoms with Crippen molar-refractivity contribution in [3.8, 4) is 0 Å². The van der Waals surface area contributed by atoms with Gasteiger partial charge in [0.15, 0.2) is 0 Å². The smallest absolute Gasteiger partial charge is 0.253 e. The maximum Gasteiger partial charge on any atom is 0.253 e. The fourth-order valence-corrected chi connectivity index (χ4v) is 1.38. The van der Waals surface area contributed by atoms with Gasteiger partial charge in [0.2, 0.25) is 0 Å². The van der Waals surface area contributed by atoms with Gasteiger partial charge in [0, 0.05) is 17.8 Å². The van der Waals surface area contributed by atoms with Crippen LogP contribution in [0.4, 0.5) is 0 Å². The number of hydrogen-bond donors (Lipinski definition) is 0. The Morgan fingerprint density at radius 2 is 2.00 bits per heavy atom. The number of hydrogen-bond acceptors (Lipinski definition) is 1. The fourth-order valence-electron chi connectivity index (χ4n) is 1.38. The molecule has 2 heteroatoms. The molecule has 0 bridgehead atoms. The Bertz CT molecular complexity index is 325. The van der Waals surface area contributed by atoms with E-state index in [0.717, 1.165) is 24.2 Å². The van der Waals surface area contributed by atoms with Crippen molar-refractivity contribution >= 4 is 0 Å². The number of pyridine rings is 1. The van der Waals surface area contributed by atoms with Gasteiger partial charge in [-0.3, -0.25) is 4.79 Å². The third-order valence-corrected chi connectivity index (χ3v) is 2.17. The molecule has 1 aromatic rings. The molecule has 0 aliphatic carbocycles. The number of nitrogens with zero attached hydrogens (tertiary/aromatic N) is 1. The molecule has 0 amide bonds. The Balaban J connectivity index is 3.34. The molecule has 2 nitrogen and oxygen atoms in total. The average molecular weight is 165 g/mol. The van der Waals surface area contributed by atoms with E-state index in [0.29, 0.717) is 0 Å². The molecule has 0 saturated heterocycles. The molecule has 0 fully saturated rings. The monoisotopic (exact) mass is 165 g/mol. The summed E-state index contributed by atoms with van der Waals surface area (Å²) in [5.41, 5.74) is 2.11. The van der Waals surface area contributed by atoms with Crippen LogP contribution in [0.5, 0.6) is 0 Å². The molecule has 0 aliphatic heterocycles. The molecule has 0 N–H and O–H groups in total. The van der Waals surface area contributed by atoms with E-state index in [4.69, 9.17) is 0 Å². The predicted molar refractivity (Wildman–Crippen MR) is 50.5 cm³/mol. The quantitative estimate of drug-likeness (QED) is 0.654. The lowest BCUT2D eigenvalue weighted by Gasteiger charge is -2.07. The van der Waals surface area contributed by atoms with Gasteiger partial charge in [0.25, 0.3) is 5.56 Å². The summed E-state index contributed by atoms with van der Waals surface area (Å²) in [6.45, 7) is 6.72. The van der Waals surface area contributed by atoms with Crippen LogP contribution in [0.3, 0.4) is 0 Å². The summed E-state index contributed by atoms with van der Waals surface area (Å²) in [6.07, 6.45) is 0.819. The van der Waals surface area contributed by atoms with E-state index >= 15 is 0 Å². The van der Waals surface area contributed by atoms with Crippen LogP contribution in [0.15, 0.2) is 16.9 Å². The molecular weight excluding hydrogens is 150 g/mol. The Hall–Kier alpha value is -1.05. The standard InChI is InChI=1S/C10H15NO/c1-4-9-7-6-8(3)11(5-2)10(9)12/h6-7H,4-5H2,1-3H3. The fraction of sp³-hybridized carbons (Fsp3) is 0.500. The molecule has 0 aliphatic rings. The summed E-state index contributed by atoms with van der Waals surface area (Å²) in [6, 6.07) is 3.92. The van der Waals surface area contributed by atoms with Crippen molar-refractivity contribution in [3.05, 3.63) is 33.7 Å². The van der Waals surface area contributed by atoms with E-state index in [-0.39, 0.29) is 5.56 Å². The molecule has 0 aromatic carbocycles. The highest BCUT2D eigenvalue weighted by molar-refractivity contribution is 5.15. The van der Waals surface area contributed by atoms with E-state index in [1.165, 1.54) is 0 Å². The van der Waals surface area contributed by atoms with Crippen LogP contribution < -0.4 is 5.56 Å². The SMILES string of the molecule is CCc1ccc(C)n(CC)c1=O. The first-order chi connectivity index (χ1) is 5.70. The molecule has 0 unspecified atom stereocenters. The van der Waals surface area contributed by atoms with Gasteiger partial charge in [-0.05, 0) is 26.3 Å². The lowest BCUT2D eigenvalue weighted by atomic mass is 10.2. The van der Waals surface area contributed by atoms with Crippen molar-refractivity contribution in [2.75, 3.05) is 0 Å². The molecule has 1 heterocycles. The first kappa shape index (κ1) is 9.04. The first-order valence-corrected chi connectivity index (χ1v) is 4.40. The highest BCUT2D eigenvalue weighted by Gasteiger charge is 2.01. The minimum absolute atomic E-state index is 0.167. The van der Waals surface area contributed by atoms with Crippen molar-refractivity contribution in [3.63, 3.8) is 0 Å². The number of rotatable bonds is 2. The highest BCUT2D eigenvalue weighted by atomic mass is 16.1. The second-order valence-electron chi connectivity index (χ2n) is 2.90. The molecule has 12 heavy (non-hydrogen) atoms. The van der Waals surface area contributed by atoms with Gasteiger partial charge >= 0.3 is 0 Å². The molecule has 1 rings (SSSR count). The summed E-state index contributed by atoms with van der Waals surface area (Å²) in [5, 5.41) is 0. The minimum Gasteiger partial charge on any atom is -0.313 e. The maximum atomic E-state index is 11.6. The topological polar surface area (TPSA) is 22.0 Å². The largest absolute Gasteiger partial charge is 0.313 e. The Kier molecular flexibility index (Phi) is 2.69. The average Bonchev–Trinajstić information content (AvgIpc) is 2.06. The Morgan fingerprint density at radius 3 is 2.50 bits per heavy atom. The van der Waals surface area contributed by atoms with Crippen molar-refractivity contribution < 1.29 is 0 Å². The third kappa shape index (κ3) is 1.42. The van der Waals surface area contributed by atoms with E-state index < -0.39 is 0 Å². The van der Waals surface area contributed by atoms with Crippen molar-refractivity contribution in [1.29, 1.82) is 0 Å². The van der Waals surface area contributed by atoms with Gasteiger partial charge in [-0.25, -0.2) is 0 Å². The predicted octanol–water partition coefficient (Wildman–Crippen LogP) is 1.74. The normalized spacial score (nSPS) is 10.2. The van der Waals surface area contributed by atoms with E-state index in [2.05, 4.69) is 0 Å². The van der Waals surface area contributed by atoms with Crippen molar-refractivity contribution in [1.82, 2.24) is 4.57 Å². The van der Waals surface area contributed by atoms with Crippen LogP contribution in [0.25, 0.3) is 0 Å². The Morgan fingerprint density at radius 1 is 1.33 bits per heavy atom. The molecule has 66 valence electrons. The lowest BCUT2D eigenvalue weighted by Crippen LogP contribution is -2.24. The van der Waals surface area contributed by atoms with E-state index in [9.17, 15) is 4.79 Å². The summed E-state index contributed by atoms with van der Waals surface area (Å²) >= 11 is 0. The second-order valence-corrected chi connectivity index (χ2v) is 2.90. The van der Waals surface area contributed by atoms with Crippen LogP contribution in [0, 0.1) is 6.92 Å². The summed E-state index contributed by atoms with van der Waals surface area (Å²) in [4.78, 5) is 11.6. The van der Waals surface area contributed by atoms with Crippen LogP contribution in [-0.2, 0) is 13.0 Å². The van der Waals surface area contributed by atoms with Crippen molar-refractivity contribution in [2.45, 2.75) is 33.7 Å². The zero-order chi connectivity index (χ0) is 9.14. The van der Waals surface area contributed by atoms with Gasteiger partial charge in [-0.1, -0.05) is 13.0 Å². The van der Waals surface area contributed by atoms with Crippen molar-refractivity contribution in [2.24, 2.45) is 0 Å². The van der Waals surface area contributed by atoms with Gasteiger partial charge in [-0.2, -0.15) is 0 Å². The molecule has 1 aromatic heterocycles. The maximum absolute atomic E-state index is 11.6. The van der Waals surface area contributed by atoms with E-state index in [1.54, 1.807) is 4.57 Å². The van der Waals surface area contributed by atoms with Gasteiger partial charge < -0.3 is 4.57 Å². The van der Waals surface area contributed by atoms with Gasteiger partial charge in [0.1, 0.15) is 0 Å². The molecular formula is C10H15NO. The molecule has 0 atom stereocenters. The minimum atomic E-state index is 0.167. The lowest BCUT2D eigenvalue weighted by molar-refractivity contribution is 0.690. The first-order valence-electron chi connectivity index (χ1n) is 4.40. The summed E-state index contributed by atoms with van der Waals surface area (Å²) in [5.74, 6) is 0. The third-order valence-electron chi connectivity index (χ3n) is 2.17. The number of aromatic nitrogens is 1. The van der Waals surface area contributed by atoms with Gasteiger partial charge in [0.05, 0.1) is 0 Å². The van der Waals surface area contributed by atoms with Crippen LogP contribution in [-0.4, -0.2) is 4.57 Å². The van der Waals surface area contributed by atoms with Crippen LogP contribution in [0.1, 0.15) is 25.1 Å². The summed E-state index contributed by atoms with van der Waals surface area (Å²) < 4.78 is 1.80. The molecule has 0 radical (unpaired) electrons. The molecule has 0 saturated carbocycles.